The summed E-state index contributed by atoms with van der Waals surface area (Å²) in [5.41, 5.74) is 6.45. The van der Waals surface area contributed by atoms with Crippen molar-refractivity contribution in [3.63, 3.8) is 0 Å². The highest BCUT2D eigenvalue weighted by Crippen LogP contribution is 2.33. The van der Waals surface area contributed by atoms with E-state index < -0.39 is 0 Å². The van der Waals surface area contributed by atoms with Crippen LogP contribution in [-0.2, 0) is 6.54 Å². The summed E-state index contributed by atoms with van der Waals surface area (Å²) in [5.74, 6) is 0.685. The molecular weight excluding hydrogens is 230 g/mol. The number of rotatable bonds is 2. The van der Waals surface area contributed by atoms with Gasteiger partial charge in [0.25, 0.3) is 0 Å². The minimum absolute atomic E-state index is 0.0915. The van der Waals surface area contributed by atoms with Gasteiger partial charge in [0.1, 0.15) is 5.75 Å². The number of hydrogen-bond acceptors (Lipinski definition) is 5. The predicted octanol–water partition coefficient (Wildman–Crippen LogP) is 1.86. The summed E-state index contributed by atoms with van der Waals surface area (Å²) in [6.07, 6.45) is 0. The molecule has 84 valence electrons. The molecule has 0 aliphatic rings. The number of nitrogens with zero attached hydrogens (tertiary/aromatic N) is 2. The van der Waals surface area contributed by atoms with Crippen LogP contribution in [0.4, 0.5) is 0 Å². The van der Waals surface area contributed by atoms with Crippen molar-refractivity contribution in [1.29, 1.82) is 0 Å². The standard InChI is InChI=1S/C10H10ClN3O2/c1-5-2-6(11)3-7(9(5)15)10-13-8(4-12)16-14-10/h2-3,15H,4,12H2,1H3. The van der Waals surface area contributed by atoms with Crippen LogP contribution in [-0.4, -0.2) is 15.2 Å². The van der Waals surface area contributed by atoms with E-state index in [9.17, 15) is 5.11 Å². The van der Waals surface area contributed by atoms with Gasteiger partial charge in [-0.15, -0.1) is 0 Å². The van der Waals surface area contributed by atoms with E-state index in [0.29, 0.717) is 22.0 Å². The van der Waals surface area contributed by atoms with E-state index in [0.717, 1.165) is 0 Å². The monoisotopic (exact) mass is 239 g/mol. The normalized spacial score (nSPS) is 10.7. The maximum absolute atomic E-state index is 9.85. The lowest BCUT2D eigenvalue weighted by Gasteiger charge is -2.03. The molecule has 0 spiro atoms. The molecule has 1 aromatic heterocycles. The first-order valence-electron chi connectivity index (χ1n) is 4.64. The van der Waals surface area contributed by atoms with Crippen molar-refractivity contribution in [3.05, 3.63) is 28.6 Å². The van der Waals surface area contributed by atoms with E-state index in [4.69, 9.17) is 21.9 Å². The number of nitrogens with two attached hydrogens (primary N) is 1. The van der Waals surface area contributed by atoms with Gasteiger partial charge in [0, 0.05) is 5.02 Å². The first-order valence-corrected chi connectivity index (χ1v) is 5.01. The second kappa shape index (κ2) is 4.11. The van der Waals surface area contributed by atoms with Gasteiger partial charge in [-0.2, -0.15) is 4.98 Å². The van der Waals surface area contributed by atoms with Crippen LogP contribution in [0.1, 0.15) is 11.5 Å². The largest absolute Gasteiger partial charge is 0.507 e. The summed E-state index contributed by atoms with van der Waals surface area (Å²) >= 11 is 5.89. The number of phenolic OH excluding ortho intramolecular Hbond substituents is 1. The molecule has 0 aliphatic heterocycles. The predicted molar refractivity (Wildman–Crippen MR) is 59.0 cm³/mol. The Morgan fingerprint density at radius 3 is 2.88 bits per heavy atom. The smallest absolute Gasteiger partial charge is 0.240 e. The molecule has 0 radical (unpaired) electrons. The van der Waals surface area contributed by atoms with Gasteiger partial charge < -0.3 is 15.4 Å². The van der Waals surface area contributed by atoms with E-state index in [2.05, 4.69) is 10.1 Å². The van der Waals surface area contributed by atoms with Gasteiger partial charge in [0.15, 0.2) is 0 Å². The summed E-state index contributed by atoms with van der Waals surface area (Å²) < 4.78 is 4.86. The Labute approximate surface area is 96.8 Å². The Kier molecular flexibility index (Phi) is 2.80. The minimum Gasteiger partial charge on any atom is -0.507 e. The summed E-state index contributed by atoms with van der Waals surface area (Å²) in [6.45, 7) is 1.90. The second-order valence-electron chi connectivity index (χ2n) is 3.33. The highest BCUT2D eigenvalue weighted by Gasteiger charge is 2.14. The van der Waals surface area contributed by atoms with Crippen molar-refractivity contribution < 1.29 is 9.63 Å². The number of halogens is 1. The fourth-order valence-electron chi connectivity index (χ4n) is 1.35. The number of aromatic nitrogens is 2. The lowest BCUT2D eigenvalue weighted by molar-refractivity contribution is 0.380. The fraction of sp³-hybridized carbons (Fsp3) is 0.200. The molecule has 0 aliphatic carbocycles. The van der Waals surface area contributed by atoms with Crippen molar-refractivity contribution in [2.45, 2.75) is 13.5 Å². The summed E-state index contributed by atoms with van der Waals surface area (Å²) in [7, 11) is 0. The van der Waals surface area contributed by atoms with E-state index in [1.165, 1.54) is 0 Å². The number of benzene rings is 1. The summed E-state index contributed by atoms with van der Waals surface area (Å²) in [4.78, 5) is 4.02. The maximum Gasteiger partial charge on any atom is 0.240 e. The van der Waals surface area contributed by atoms with Crippen LogP contribution in [0.25, 0.3) is 11.4 Å². The number of phenols is 1. The molecule has 6 heteroatoms. The molecule has 1 heterocycles. The summed E-state index contributed by atoms with van der Waals surface area (Å²) in [5, 5.41) is 14.1. The Morgan fingerprint density at radius 2 is 2.25 bits per heavy atom. The molecule has 0 bridgehead atoms. The quantitative estimate of drug-likeness (QED) is 0.836. The third-order valence-electron chi connectivity index (χ3n) is 2.15. The Balaban J connectivity index is 2.54. The van der Waals surface area contributed by atoms with Crippen LogP contribution in [0, 0.1) is 6.92 Å². The van der Waals surface area contributed by atoms with Crippen LogP contribution in [0.2, 0.25) is 5.02 Å². The van der Waals surface area contributed by atoms with Crippen LogP contribution in [0.15, 0.2) is 16.7 Å². The third kappa shape index (κ3) is 1.87. The van der Waals surface area contributed by atoms with E-state index >= 15 is 0 Å². The van der Waals surface area contributed by atoms with E-state index in [1.54, 1.807) is 19.1 Å². The van der Waals surface area contributed by atoms with Gasteiger partial charge in [-0.05, 0) is 24.6 Å². The molecule has 16 heavy (non-hydrogen) atoms. The van der Waals surface area contributed by atoms with E-state index in [-0.39, 0.29) is 18.1 Å². The first-order chi connectivity index (χ1) is 7.61. The number of aromatic hydroxyl groups is 1. The van der Waals surface area contributed by atoms with Crippen LogP contribution in [0.3, 0.4) is 0 Å². The topological polar surface area (TPSA) is 85.2 Å². The maximum atomic E-state index is 9.85. The van der Waals surface area contributed by atoms with Gasteiger partial charge >= 0.3 is 0 Å². The zero-order valence-electron chi connectivity index (χ0n) is 8.57. The molecule has 0 saturated heterocycles. The molecule has 3 N–H and O–H groups in total. The molecule has 0 atom stereocenters. The fourth-order valence-corrected chi connectivity index (χ4v) is 1.63. The van der Waals surface area contributed by atoms with Crippen LogP contribution >= 0.6 is 11.6 Å². The average molecular weight is 240 g/mol. The van der Waals surface area contributed by atoms with Gasteiger partial charge in [-0.25, -0.2) is 0 Å². The zero-order chi connectivity index (χ0) is 11.7. The van der Waals surface area contributed by atoms with Crippen molar-refractivity contribution in [3.8, 4) is 17.1 Å². The average Bonchev–Trinajstić information content (AvgIpc) is 2.71. The third-order valence-corrected chi connectivity index (χ3v) is 2.37. The molecule has 0 unspecified atom stereocenters. The van der Waals surface area contributed by atoms with Crippen molar-refractivity contribution >= 4 is 11.6 Å². The molecule has 0 saturated carbocycles. The SMILES string of the molecule is Cc1cc(Cl)cc(-c2noc(CN)n2)c1O. The number of hydrogen-bond donors (Lipinski definition) is 2. The molecule has 2 aromatic rings. The van der Waals surface area contributed by atoms with Gasteiger partial charge in [-0.3, -0.25) is 0 Å². The first kappa shape index (κ1) is 10.9. The molecule has 5 nitrogen and oxygen atoms in total. The summed E-state index contributed by atoms with van der Waals surface area (Å²) in [6, 6.07) is 3.24. The van der Waals surface area contributed by atoms with Gasteiger partial charge in [0.2, 0.25) is 11.7 Å². The van der Waals surface area contributed by atoms with Crippen molar-refractivity contribution in [2.24, 2.45) is 5.73 Å². The Morgan fingerprint density at radius 1 is 1.50 bits per heavy atom. The highest BCUT2D eigenvalue weighted by molar-refractivity contribution is 6.31. The zero-order valence-corrected chi connectivity index (χ0v) is 9.32. The van der Waals surface area contributed by atoms with Crippen molar-refractivity contribution in [2.75, 3.05) is 0 Å². The van der Waals surface area contributed by atoms with Crippen LogP contribution < -0.4 is 5.73 Å². The Bertz CT molecular complexity index is 525. The molecular formula is C10H10ClN3O2. The van der Waals surface area contributed by atoms with Gasteiger partial charge in [-0.1, -0.05) is 16.8 Å². The molecule has 0 amide bonds. The van der Waals surface area contributed by atoms with Gasteiger partial charge in [0.05, 0.1) is 12.1 Å². The molecule has 1 aromatic carbocycles. The van der Waals surface area contributed by atoms with Crippen LogP contribution in [0.5, 0.6) is 5.75 Å². The van der Waals surface area contributed by atoms with E-state index in [1.807, 2.05) is 0 Å². The second-order valence-corrected chi connectivity index (χ2v) is 3.77. The highest BCUT2D eigenvalue weighted by atomic mass is 35.5. The molecule has 2 rings (SSSR count). The number of aryl methyl sites for hydroxylation is 1. The molecule has 0 fully saturated rings. The Hall–Kier alpha value is -1.59. The lowest BCUT2D eigenvalue weighted by Crippen LogP contribution is -1.95. The minimum atomic E-state index is 0.0915. The van der Waals surface area contributed by atoms with Crippen molar-refractivity contribution in [1.82, 2.24) is 10.1 Å². The lowest BCUT2D eigenvalue weighted by atomic mass is 10.1.